The molecule has 0 bridgehead atoms. The summed E-state index contributed by atoms with van der Waals surface area (Å²) in [6, 6.07) is 0. The van der Waals surface area contributed by atoms with E-state index in [1.807, 2.05) is 0 Å². The van der Waals surface area contributed by atoms with E-state index in [4.69, 9.17) is 4.74 Å². The number of fused-ring (bicyclic) bond motifs is 1. The standard InChI is InChI=1S/C7H9O/c1-5-2-3-6-7(4-5)8-6/h4,6-7H,1-3H2. The normalized spacial score (nSPS) is 42.9. The van der Waals surface area contributed by atoms with Crippen LogP contribution < -0.4 is 0 Å². The molecule has 2 unspecified atom stereocenters. The lowest BCUT2D eigenvalue weighted by atomic mass is 10.0. The Hall–Kier alpha value is -0.300. The molecule has 1 aliphatic carbocycles. The van der Waals surface area contributed by atoms with Crippen LogP contribution in [-0.2, 0) is 4.74 Å². The molecule has 0 N–H and O–H groups in total. The Morgan fingerprint density at radius 2 is 2.62 bits per heavy atom. The fraction of sp³-hybridized carbons (Fsp3) is 0.571. The molecule has 0 spiro atoms. The SMILES string of the molecule is [CH2]C1=CC2OC2CC1. The smallest absolute Gasteiger partial charge is 0.103 e. The molecule has 0 saturated carbocycles. The van der Waals surface area contributed by atoms with Gasteiger partial charge in [-0.3, -0.25) is 0 Å². The molecular formula is C7H9O. The van der Waals surface area contributed by atoms with Gasteiger partial charge >= 0.3 is 0 Å². The first-order valence-electron chi connectivity index (χ1n) is 3.04. The third-order valence-corrected chi connectivity index (χ3v) is 1.77. The minimum atomic E-state index is 0.455. The molecule has 2 aliphatic rings. The van der Waals surface area contributed by atoms with Gasteiger partial charge in [-0.2, -0.15) is 0 Å². The van der Waals surface area contributed by atoms with Crippen LogP contribution in [0.5, 0.6) is 0 Å². The molecule has 0 aromatic rings. The van der Waals surface area contributed by atoms with Gasteiger partial charge in [0.05, 0.1) is 6.10 Å². The molecule has 1 fully saturated rings. The van der Waals surface area contributed by atoms with Crippen molar-refractivity contribution in [2.24, 2.45) is 0 Å². The summed E-state index contributed by atoms with van der Waals surface area (Å²) in [7, 11) is 0. The number of hydrogen-bond acceptors (Lipinski definition) is 1. The summed E-state index contributed by atoms with van der Waals surface area (Å²) >= 11 is 0. The van der Waals surface area contributed by atoms with Gasteiger partial charge in [0.1, 0.15) is 6.10 Å². The van der Waals surface area contributed by atoms with Crippen LogP contribution in [0.25, 0.3) is 0 Å². The molecule has 0 amide bonds. The van der Waals surface area contributed by atoms with Crippen LogP contribution in [0.3, 0.4) is 0 Å². The van der Waals surface area contributed by atoms with E-state index < -0.39 is 0 Å². The lowest BCUT2D eigenvalue weighted by molar-refractivity contribution is 0.385. The average Bonchev–Trinajstić information content (AvgIpc) is 2.43. The minimum absolute atomic E-state index is 0.455. The summed E-state index contributed by atoms with van der Waals surface area (Å²) in [5.74, 6) is 0. The van der Waals surface area contributed by atoms with Crippen LogP contribution in [0.4, 0.5) is 0 Å². The molecule has 2 rings (SSSR count). The van der Waals surface area contributed by atoms with E-state index in [0.29, 0.717) is 12.2 Å². The lowest BCUT2D eigenvalue weighted by Crippen LogP contribution is -1.98. The first-order chi connectivity index (χ1) is 3.86. The predicted molar refractivity (Wildman–Crippen MR) is 31.3 cm³/mol. The van der Waals surface area contributed by atoms with E-state index in [1.54, 1.807) is 0 Å². The van der Waals surface area contributed by atoms with Crippen LogP contribution in [0.15, 0.2) is 11.6 Å². The summed E-state index contributed by atoms with van der Waals surface area (Å²) in [5, 5.41) is 0. The van der Waals surface area contributed by atoms with Gasteiger partial charge in [0.2, 0.25) is 0 Å². The van der Waals surface area contributed by atoms with E-state index in [0.717, 1.165) is 6.42 Å². The van der Waals surface area contributed by atoms with Crippen molar-refractivity contribution in [2.75, 3.05) is 0 Å². The molecule has 1 nitrogen and oxygen atoms in total. The molecule has 1 heteroatoms. The quantitative estimate of drug-likeness (QED) is 0.427. The highest BCUT2D eigenvalue weighted by Crippen LogP contribution is 2.34. The van der Waals surface area contributed by atoms with Crippen LogP contribution in [0, 0.1) is 6.92 Å². The van der Waals surface area contributed by atoms with E-state index in [1.165, 1.54) is 12.0 Å². The van der Waals surface area contributed by atoms with Crippen LogP contribution in [0.2, 0.25) is 0 Å². The molecule has 0 aromatic carbocycles. The lowest BCUT2D eigenvalue weighted by Gasteiger charge is -2.00. The highest BCUT2D eigenvalue weighted by atomic mass is 16.6. The van der Waals surface area contributed by atoms with Crippen molar-refractivity contribution in [3.8, 4) is 0 Å². The van der Waals surface area contributed by atoms with Crippen molar-refractivity contribution in [2.45, 2.75) is 25.0 Å². The zero-order valence-corrected chi connectivity index (χ0v) is 4.76. The maximum absolute atomic E-state index is 5.23. The van der Waals surface area contributed by atoms with Crippen LogP contribution in [-0.4, -0.2) is 12.2 Å². The number of epoxide rings is 1. The molecule has 43 valence electrons. The van der Waals surface area contributed by atoms with Crippen LogP contribution in [0.1, 0.15) is 12.8 Å². The Morgan fingerprint density at radius 3 is 3.25 bits per heavy atom. The summed E-state index contributed by atoms with van der Waals surface area (Å²) in [5.41, 5.74) is 1.25. The van der Waals surface area contributed by atoms with Gasteiger partial charge in [-0.15, -0.1) is 0 Å². The molecule has 1 radical (unpaired) electrons. The average molecular weight is 109 g/mol. The van der Waals surface area contributed by atoms with E-state index in [9.17, 15) is 0 Å². The van der Waals surface area contributed by atoms with E-state index in [-0.39, 0.29) is 0 Å². The van der Waals surface area contributed by atoms with Gasteiger partial charge in [-0.25, -0.2) is 0 Å². The molecule has 1 heterocycles. The Labute approximate surface area is 49.3 Å². The van der Waals surface area contributed by atoms with Crippen molar-refractivity contribution in [1.82, 2.24) is 0 Å². The first kappa shape index (κ1) is 4.57. The van der Waals surface area contributed by atoms with Crippen molar-refractivity contribution < 1.29 is 4.74 Å². The largest absolute Gasteiger partial charge is 0.365 e. The van der Waals surface area contributed by atoms with Crippen molar-refractivity contribution in [1.29, 1.82) is 0 Å². The number of ether oxygens (including phenoxy) is 1. The summed E-state index contributed by atoms with van der Waals surface area (Å²) in [6.07, 6.45) is 5.49. The fourth-order valence-electron chi connectivity index (χ4n) is 1.18. The maximum atomic E-state index is 5.23. The second kappa shape index (κ2) is 1.35. The molecule has 8 heavy (non-hydrogen) atoms. The Balaban J connectivity index is 2.15. The minimum Gasteiger partial charge on any atom is -0.365 e. The molecule has 1 saturated heterocycles. The number of hydrogen-bond donors (Lipinski definition) is 0. The van der Waals surface area contributed by atoms with Crippen LogP contribution >= 0.6 is 0 Å². The first-order valence-corrected chi connectivity index (χ1v) is 3.04. The molecule has 2 atom stereocenters. The maximum Gasteiger partial charge on any atom is 0.103 e. The van der Waals surface area contributed by atoms with Gasteiger partial charge in [0.25, 0.3) is 0 Å². The monoisotopic (exact) mass is 109 g/mol. The Morgan fingerprint density at radius 1 is 1.75 bits per heavy atom. The van der Waals surface area contributed by atoms with Crippen molar-refractivity contribution in [3.63, 3.8) is 0 Å². The van der Waals surface area contributed by atoms with Gasteiger partial charge in [0, 0.05) is 0 Å². The zero-order valence-electron chi connectivity index (χ0n) is 4.76. The molecule has 0 aromatic heterocycles. The number of rotatable bonds is 0. The van der Waals surface area contributed by atoms with Gasteiger partial charge in [0.15, 0.2) is 0 Å². The summed E-state index contributed by atoms with van der Waals surface area (Å²) in [4.78, 5) is 0. The fourth-order valence-corrected chi connectivity index (χ4v) is 1.18. The van der Waals surface area contributed by atoms with E-state index in [2.05, 4.69) is 13.0 Å². The molecular weight excluding hydrogens is 100 g/mol. The summed E-state index contributed by atoms with van der Waals surface area (Å²) < 4.78 is 5.23. The zero-order chi connectivity index (χ0) is 5.56. The topological polar surface area (TPSA) is 12.5 Å². The number of allylic oxidation sites excluding steroid dienone is 1. The van der Waals surface area contributed by atoms with Gasteiger partial charge in [-0.1, -0.05) is 11.6 Å². The van der Waals surface area contributed by atoms with Gasteiger partial charge < -0.3 is 4.74 Å². The van der Waals surface area contributed by atoms with E-state index >= 15 is 0 Å². The second-order valence-corrected chi connectivity index (χ2v) is 2.50. The third kappa shape index (κ3) is 0.583. The predicted octanol–water partition coefficient (Wildman–Crippen LogP) is 1.31. The Bertz CT molecular complexity index is 137. The van der Waals surface area contributed by atoms with Crippen molar-refractivity contribution in [3.05, 3.63) is 18.6 Å². The summed E-state index contributed by atoms with van der Waals surface area (Å²) in [6.45, 7) is 3.86. The Kier molecular flexibility index (Phi) is 0.770. The second-order valence-electron chi connectivity index (χ2n) is 2.50. The van der Waals surface area contributed by atoms with Crippen molar-refractivity contribution >= 4 is 0 Å². The molecule has 1 aliphatic heterocycles. The highest BCUT2D eigenvalue weighted by molar-refractivity contribution is 5.18. The third-order valence-electron chi connectivity index (χ3n) is 1.77. The van der Waals surface area contributed by atoms with Gasteiger partial charge in [-0.05, 0) is 19.8 Å². The highest BCUT2D eigenvalue weighted by Gasteiger charge is 2.38.